The van der Waals surface area contributed by atoms with E-state index in [-0.39, 0.29) is 18.1 Å². The SMILES string of the molecule is COC(=O)CCCN1C(=S)N[C@@H](c2ccccn2)[C@H]1c1cc(C)n(Cc2ccncc2)c1C. The Hall–Kier alpha value is -3.26. The summed E-state index contributed by atoms with van der Waals surface area (Å²) < 4.78 is 7.14. The van der Waals surface area contributed by atoms with E-state index in [9.17, 15) is 4.79 Å². The highest BCUT2D eigenvalue weighted by Gasteiger charge is 2.41. The van der Waals surface area contributed by atoms with E-state index in [2.05, 4.69) is 44.7 Å². The topological polar surface area (TPSA) is 72.3 Å². The molecule has 0 aliphatic carbocycles. The van der Waals surface area contributed by atoms with Crippen molar-refractivity contribution in [3.8, 4) is 0 Å². The lowest BCUT2D eigenvalue weighted by Crippen LogP contribution is -2.31. The summed E-state index contributed by atoms with van der Waals surface area (Å²) in [6, 6.07) is 12.2. The van der Waals surface area contributed by atoms with E-state index in [1.165, 1.54) is 29.6 Å². The van der Waals surface area contributed by atoms with E-state index in [1.54, 1.807) is 0 Å². The minimum Gasteiger partial charge on any atom is -0.469 e. The summed E-state index contributed by atoms with van der Waals surface area (Å²) >= 11 is 5.75. The Morgan fingerprint density at radius 3 is 2.67 bits per heavy atom. The first-order valence-electron chi connectivity index (χ1n) is 11.1. The second kappa shape index (κ2) is 10.1. The lowest BCUT2D eigenvalue weighted by Gasteiger charge is -2.28. The summed E-state index contributed by atoms with van der Waals surface area (Å²) in [7, 11) is 1.42. The Bertz CT molecular complexity index is 1120. The molecule has 172 valence electrons. The molecule has 1 aliphatic heterocycles. The van der Waals surface area contributed by atoms with Crippen molar-refractivity contribution < 1.29 is 9.53 Å². The molecule has 0 amide bonds. The van der Waals surface area contributed by atoms with Gasteiger partial charge in [-0.1, -0.05) is 6.07 Å². The zero-order chi connectivity index (χ0) is 23.4. The van der Waals surface area contributed by atoms with E-state index in [4.69, 9.17) is 17.0 Å². The number of aryl methyl sites for hydroxylation is 1. The molecule has 0 unspecified atom stereocenters. The van der Waals surface area contributed by atoms with Gasteiger partial charge in [0.05, 0.1) is 24.9 Å². The number of pyridine rings is 2. The largest absolute Gasteiger partial charge is 0.469 e. The number of nitrogens with zero attached hydrogens (tertiary/aromatic N) is 4. The summed E-state index contributed by atoms with van der Waals surface area (Å²) in [5, 5.41) is 4.17. The number of rotatable bonds is 8. The predicted molar refractivity (Wildman–Crippen MR) is 131 cm³/mol. The van der Waals surface area contributed by atoms with Gasteiger partial charge in [-0.25, -0.2) is 0 Å². The fraction of sp³-hybridized carbons (Fsp3) is 0.360. The molecule has 0 spiro atoms. The molecule has 0 radical (unpaired) electrons. The Labute approximate surface area is 199 Å². The van der Waals surface area contributed by atoms with E-state index in [0.29, 0.717) is 24.5 Å². The van der Waals surface area contributed by atoms with Crippen molar-refractivity contribution in [2.45, 2.75) is 45.3 Å². The fourth-order valence-corrected chi connectivity index (χ4v) is 4.85. The van der Waals surface area contributed by atoms with Crippen molar-refractivity contribution in [1.82, 2.24) is 24.8 Å². The number of esters is 1. The van der Waals surface area contributed by atoms with Crippen LogP contribution in [0.1, 0.15) is 53.1 Å². The Morgan fingerprint density at radius 2 is 1.97 bits per heavy atom. The average Bonchev–Trinajstić information content (AvgIpc) is 3.30. The number of hydrogen-bond acceptors (Lipinski definition) is 5. The van der Waals surface area contributed by atoms with Gasteiger partial charge in [0, 0.05) is 49.5 Å². The van der Waals surface area contributed by atoms with Gasteiger partial charge in [0.25, 0.3) is 0 Å². The quantitative estimate of drug-likeness (QED) is 0.402. The van der Waals surface area contributed by atoms with Crippen molar-refractivity contribution in [1.29, 1.82) is 0 Å². The van der Waals surface area contributed by atoms with E-state index in [1.807, 2.05) is 48.9 Å². The normalized spacial score (nSPS) is 17.8. The van der Waals surface area contributed by atoms with Crippen LogP contribution in [0.25, 0.3) is 0 Å². The van der Waals surface area contributed by atoms with Crippen LogP contribution in [0.4, 0.5) is 0 Å². The maximum absolute atomic E-state index is 11.7. The third kappa shape index (κ3) is 4.90. The van der Waals surface area contributed by atoms with Gasteiger partial charge in [-0.2, -0.15) is 0 Å². The molecule has 1 saturated heterocycles. The average molecular weight is 464 g/mol. The molecule has 7 nitrogen and oxygen atoms in total. The zero-order valence-corrected chi connectivity index (χ0v) is 20.0. The van der Waals surface area contributed by atoms with Gasteiger partial charge < -0.3 is 19.5 Å². The second-order valence-electron chi connectivity index (χ2n) is 8.27. The Morgan fingerprint density at radius 1 is 1.18 bits per heavy atom. The number of methoxy groups -OCH3 is 1. The molecule has 3 aromatic heterocycles. The number of aromatic nitrogens is 3. The lowest BCUT2D eigenvalue weighted by atomic mass is 9.96. The summed E-state index contributed by atoms with van der Waals surface area (Å²) in [5.74, 6) is -0.207. The number of ether oxygens (including phenoxy) is 1. The second-order valence-corrected chi connectivity index (χ2v) is 8.65. The van der Waals surface area contributed by atoms with E-state index < -0.39 is 0 Å². The molecule has 1 N–H and O–H groups in total. The van der Waals surface area contributed by atoms with Gasteiger partial charge in [0.2, 0.25) is 0 Å². The molecule has 0 saturated carbocycles. The summed E-state index contributed by atoms with van der Waals surface area (Å²) in [6.45, 7) is 5.73. The summed E-state index contributed by atoms with van der Waals surface area (Å²) in [6.07, 6.45) is 6.48. The van der Waals surface area contributed by atoms with Crippen LogP contribution in [-0.2, 0) is 16.1 Å². The molecule has 0 bridgehead atoms. The molecule has 8 heteroatoms. The number of thiocarbonyl (C=S) groups is 1. The monoisotopic (exact) mass is 463 g/mol. The van der Waals surface area contributed by atoms with Crippen molar-refractivity contribution in [3.63, 3.8) is 0 Å². The van der Waals surface area contributed by atoms with Crippen molar-refractivity contribution in [2.75, 3.05) is 13.7 Å². The summed E-state index contributed by atoms with van der Waals surface area (Å²) in [4.78, 5) is 22.6. The van der Waals surface area contributed by atoms with Crippen molar-refractivity contribution in [2.24, 2.45) is 0 Å². The molecular formula is C25H29N5O2S. The highest BCUT2D eigenvalue weighted by atomic mass is 32.1. The molecule has 3 aromatic rings. The first-order valence-corrected chi connectivity index (χ1v) is 11.5. The number of carbonyl (C=O) groups is 1. The Balaban J connectivity index is 1.69. The van der Waals surface area contributed by atoms with Crippen LogP contribution in [0.3, 0.4) is 0 Å². The Kier molecular flexibility index (Phi) is 7.03. The minimum absolute atomic E-state index is 0.0255. The van der Waals surface area contributed by atoms with Crippen LogP contribution in [0.5, 0.6) is 0 Å². The molecule has 2 atom stereocenters. The maximum Gasteiger partial charge on any atom is 0.305 e. The first-order chi connectivity index (χ1) is 16.0. The van der Waals surface area contributed by atoms with Crippen LogP contribution >= 0.6 is 12.2 Å². The molecule has 1 aliphatic rings. The molecule has 1 fully saturated rings. The van der Waals surface area contributed by atoms with Gasteiger partial charge in [0.1, 0.15) is 0 Å². The van der Waals surface area contributed by atoms with Crippen molar-refractivity contribution in [3.05, 3.63) is 83.2 Å². The van der Waals surface area contributed by atoms with E-state index >= 15 is 0 Å². The summed E-state index contributed by atoms with van der Waals surface area (Å²) in [5.41, 5.74) is 5.74. The smallest absolute Gasteiger partial charge is 0.305 e. The minimum atomic E-state index is -0.207. The van der Waals surface area contributed by atoms with Crippen LogP contribution in [0.15, 0.2) is 55.0 Å². The zero-order valence-electron chi connectivity index (χ0n) is 19.2. The number of carbonyl (C=O) groups excluding carboxylic acids is 1. The van der Waals surface area contributed by atoms with E-state index in [0.717, 1.165) is 12.2 Å². The predicted octanol–water partition coefficient (Wildman–Crippen LogP) is 3.87. The fourth-order valence-electron chi connectivity index (χ4n) is 4.52. The molecule has 4 rings (SSSR count). The number of hydrogen-bond donors (Lipinski definition) is 1. The molecule has 4 heterocycles. The van der Waals surface area contributed by atoms with Gasteiger partial charge in [0.15, 0.2) is 5.11 Å². The van der Waals surface area contributed by atoms with Crippen LogP contribution in [0.2, 0.25) is 0 Å². The molecule has 0 aromatic carbocycles. The van der Waals surface area contributed by atoms with Gasteiger partial charge in [-0.3, -0.25) is 14.8 Å². The molecule has 33 heavy (non-hydrogen) atoms. The maximum atomic E-state index is 11.7. The lowest BCUT2D eigenvalue weighted by molar-refractivity contribution is -0.140. The first kappa shape index (κ1) is 22.9. The van der Waals surface area contributed by atoms with Gasteiger partial charge >= 0.3 is 5.97 Å². The van der Waals surface area contributed by atoms with Crippen LogP contribution in [0, 0.1) is 13.8 Å². The van der Waals surface area contributed by atoms with Crippen LogP contribution < -0.4 is 5.32 Å². The van der Waals surface area contributed by atoms with Gasteiger partial charge in [-0.15, -0.1) is 0 Å². The molecular weight excluding hydrogens is 434 g/mol. The van der Waals surface area contributed by atoms with Crippen molar-refractivity contribution >= 4 is 23.3 Å². The third-order valence-electron chi connectivity index (χ3n) is 6.23. The standard InChI is InChI=1S/C25H29N5O2S/c1-17-15-20(18(2)30(17)16-19-9-12-26-13-10-19)24-23(21-7-4-5-11-27-21)28-25(33)29(24)14-6-8-22(31)32-3/h4-5,7,9-13,15,23-24H,6,8,14,16H2,1-3H3,(H,28,33)/t23-,24+/m0/s1. The highest BCUT2D eigenvalue weighted by molar-refractivity contribution is 7.80. The third-order valence-corrected chi connectivity index (χ3v) is 6.58. The highest BCUT2D eigenvalue weighted by Crippen LogP contribution is 2.41. The number of nitrogens with one attached hydrogen (secondary N) is 1. The van der Waals surface area contributed by atoms with Crippen LogP contribution in [-0.4, -0.2) is 44.2 Å². The van der Waals surface area contributed by atoms with Gasteiger partial charge in [-0.05, 0) is 73.9 Å².